The van der Waals surface area contributed by atoms with Crippen LogP contribution in [0.1, 0.15) is 50.3 Å². The van der Waals surface area contributed by atoms with E-state index in [4.69, 9.17) is 9.47 Å². The lowest BCUT2D eigenvalue weighted by molar-refractivity contribution is 0.0145. The van der Waals surface area contributed by atoms with Crippen LogP contribution < -0.4 is 10.1 Å². The largest absolute Gasteiger partial charge is 0.497 e. The molecule has 1 aromatic carbocycles. The van der Waals surface area contributed by atoms with E-state index in [1.54, 1.807) is 7.11 Å². The predicted octanol–water partition coefficient (Wildman–Crippen LogP) is 3.48. The Balaban J connectivity index is 2.17. The highest BCUT2D eigenvalue weighted by atomic mass is 16.5. The number of rotatable bonds is 7. The summed E-state index contributed by atoms with van der Waals surface area (Å²) in [4.78, 5) is 0. The minimum Gasteiger partial charge on any atom is -0.497 e. The van der Waals surface area contributed by atoms with Crippen molar-refractivity contribution in [3.8, 4) is 5.75 Å². The summed E-state index contributed by atoms with van der Waals surface area (Å²) < 4.78 is 11.5. The Bertz CT molecular complexity index is 419. The Morgan fingerprint density at radius 3 is 2.85 bits per heavy atom. The van der Waals surface area contributed by atoms with Gasteiger partial charge in [0.25, 0.3) is 0 Å². The number of likely N-dealkylation sites (N-methyl/N-ethyl adjacent to an activating group) is 1. The number of hydrogen-bond acceptors (Lipinski definition) is 3. The summed E-state index contributed by atoms with van der Waals surface area (Å²) in [6.07, 6.45) is 4.79. The van der Waals surface area contributed by atoms with Gasteiger partial charge in [-0.25, -0.2) is 0 Å². The molecular weight excluding hydrogens is 250 g/mol. The van der Waals surface area contributed by atoms with Crippen molar-refractivity contribution in [3.05, 3.63) is 29.3 Å². The van der Waals surface area contributed by atoms with Gasteiger partial charge >= 0.3 is 0 Å². The van der Waals surface area contributed by atoms with E-state index in [2.05, 4.69) is 37.4 Å². The van der Waals surface area contributed by atoms with Crippen LogP contribution in [-0.4, -0.2) is 26.4 Å². The molecule has 0 fully saturated rings. The minimum atomic E-state index is 0.279. The van der Waals surface area contributed by atoms with E-state index >= 15 is 0 Å². The molecule has 2 unspecified atom stereocenters. The number of aryl methyl sites for hydroxylation is 1. The number of benzene rings is 1. The first-order chi connectivity index (χ1) is 9.80. The van der Waals surface area contributed by atoms with Gasteiger partial charge in [-0.3, -0.25) is 0 Å². The quantitative estimate of drug-likeness (QED) is 0.774. The average molecular weight is 277 g/mol. The van der Waals surface area contributed by atoms with Crippen LogP contribution in [0.5, 0.6) is 5.75 Å². The van der Waals surface area contributed by atoms with Crippen molar-refractivity contribution < 1.29 is 9.47 Å². The second-order valence-electron chi connectivity index (χ2n) is 5.40. The number of ether oxygens (including phenoxy) is 2. The molecule has 112 valence electrons. The fourth-order valence-electron chi connectivity index (χ4n) is 2.90. The highest BCUT2D eigenvalue weighted by Crippen LogP contribution is 2.34. The zero-order valence-corrected chi connectivity index (χ0v) is 12.9. The van der Waals surface area contributed by atoms with Gasteiger partial charge in [-0.05, 0) is 49.1 Å². The van der Waals surface area contributed by atoms with E-state index in [0.717, 1.165) is 38.2 Å². The fourth-order valence-corrected chi connectivity index (χ4v) is 2.90. The third-order valence-corrected chi connectivity index (χ3v) is 4.01. The van der Waals surface area contributed by atoms with Crippen molar-refractivity contribution in [2.24, 2.45) is 0 Å². The van der Waals surface area contributed by atoms with Gasteiger partial charge in [-0.15, -0.1) is 0 Å². The number of nitrogens with one attached hydrogen (secondary N) is 1. The van der Waals surface area contributed by atoms with Crippen molar-refractivity contribution >= 4 is 0 Å². The minimum absolute atomic E-state index is 0.279. The normalized spacial score (nSPS) is 21.6. The fraction of sp³-hybridized carbons (Fsp3) is 0.647. The summed E-state index contributed by atoms with van der Waals surface area (Å²) in [7, 11) is 1.72. The Labute approximate surface area is 122 Å². The van der Waals surface area contributed by atoms with E-state index in [1.807, 2.05) is 0 Å². The Morgan fingerprint density at radius 1 is 1.30 bits per heavy atom. The molecule has 0 radical (unpaired) electrons. The lowest BCUT2D eigenvalue weighted by Gasteiger charge is -2.34. The van der Waals surface area contributed by atoms with Gasteiger partial charge in [-0.1, -0.05) is 26.3 Å². The monoisotopic (exact) mass is 277 g/mol. The molecule has 0 aliphatic heterocycles. The van der Waals surface area contributed by atoms with Crippen LogP contribution in [0, 0.1) is 0 Å². The van der Waals surface area contributed by atoms with Crippen molar-refractivity contribution in [2.75, 3.05) is 20.3 Å². The molecule has 1 aliphatic carbocycles. The molecule has 0 amide bonds. The van der Waals surface area contributed by atoms with Crippen LogP contribution in [0.4, 0.5) is 0 Å². The maximum Gasteiger partial charge on any atom is 0.119 e. The summed E-state index contributed by atoms with van der Waals surface area (Å²) in [5.41, 5.74) is 2.77. The van der Waals surface area contributed by atoms with E-state index < -0.39 is 0 Å². The Morgan fingerprint density at radius 2 is 2.15 bits per heavy atom. The molecule has 20 heavy (non-hydrogen) atoms. The maximum absolute atomic E-state index is 6.12. The SMILES string of the molecule is CCCCOC1CCc2ccc(OC)cc2C1NCC. The van der Waals surface area contributed by atoms with Gasteiger partial charge in [0.2, 0.25) is 0 Å². The summed E-state index contributed by atoms with van der Waals surface area (Å²) in [6, 6.07) is 6.70. The van der Waals surface area contributed by atoms with Crippen LogP contribution in [-0.2, 0) is 11.2 Å². The zero-order chi connectivity index (χ0) is 14.4. The summed E-state index contributed by atoms with van der Waals surface area (Å²) in [5.74, 6) is 0.931. The number of fused-ring (bicyclic) bond motifs is 1. The van der Waals surface area contributed by atoms with E-state index in [0.29, 0.717) is 0 Å². The predicted molar refractivity (Wildman–Crippen MR) is 82.4 cm³/mol. The second-order valence-corrected chi connectivity index (χ2v) is 5.40. The smallest absolute Gasteiger partial charge is 0.119 e. The molecule has 1 N–H and O–H groups in total. The average Bonchev–Trinajstić information content (AvgIpc) is 2.49. The Kier molecular flexibility index (Phi) is 5.86. The number of unbranched alkanes of at least 4 members (excludes halogenated alkanes) is 1. The molecule has 0 heterocycles. The van der Waals surface area contributed by atoms with Crippen molar-refractivity contribution in [3.63, 3.8) is 0 Å². The molecule has 0 saturated carbocycles. The number of methoxy groups -OCH3 is 1. The zero-order valence-electron chi connectivity index (χ0n) is 12.9. The molecule has 0 aromatic heterocycles. The van der Waals surface area contributed by atoms with Gasteiger partial charge in [-0.2, -0.15) is 0 Å². The first kappa shape index (κ1) is 15.3. The molecule has 3 nitrogen and oxygen atoms in total. The highest BCUT2D eigenvalue weighted by Gasteiger charge is 2.29. The van der Waals surface area contributed by atoms with Crippen molar-refractivity contribution in [1.82, 2.24) is 5.32 Å². The first-order valence-electron chi connectivity index (χ1n) is 7.82. The third kappa shape index (κ3) is 3.53. The number of hydrogen-bond donors (Lipinski definition) is 1. The lowest BCUT2D eigenvalue weighted by Crippen LogP contribution is -2.37. The van der Waals surface area contributed by atoms with Gasteiger partial charge in [0.15, 0.2) is 0 Å². The summed E-state index contributed by atoms with van der Waals surface area (Å²) in [5, 5.41) is 3.59. The van der Waals surface area contributed by atoms with E-state index in [1.165, 1.54) is 17.5 Å². The standard InChI is InChI=1S/C17H27NO2/c1-4-6-11-20-16-10-8-13-7-9-14(19-3)12-15(13)17(16)18-5-2/h7,9,12,16-18H,4-6,8,10-11H2,1-3H3. The van der Waals surface area contributed by atoms with Gasteiger partial charge in [0, 0.05) is 6.61 Å². The molecule has 1 aliphatic rings. The van der Waals surface area contributed by atoms with Crippen LogP contribution in [0.15, 0.2) is 18.2 Å². The molecule has 0 saturated heterocycles. The van der Waals surface area contributed by atoms with Gasteiger partial charge in [0.05, 0.1) is 19.3 Å². The van der Waals surface area contributed by atoms with E-state index in [9.17, 15) is 0 Å². The molecular formula is C17H27NO2. The topological polar surface area (TPSA) is 30.5 Å². The van der Waals surface area contributed by atoms with E-state index in [-0.39, 0.29) is 12.1 Å². The highest BCUT2D eigenvalue weighted by molar-refractivity contribution is 5.40. The van der Waals surface area contributed by atoms with Crippen LogP contribution >= 0.6 is 0 Å². The van der Waals surface area contributed by atoms with Crippen LogP contribution in [0.3, 0.4) is 0 Å². The molecule has 2 atom stereocenters. The van der Waals surface area contributed by atoms with Crippen molar-refractivity contribution in [1.29, 1.82) is 0 Å². The molecule has 0 bridgehead atoms. The summed E-state index contributed by atoms with van der Waals surface area (Å²) >= 11 is 0. The van der Waals surface area contributed by atoms with Gasteiger partial charge in [0.1, 0.15) is 5.75 Å². The van der Waals surface area contributed by atoms with Crippen LogP contribution in [0.2, 0.25) is 0 Å². The molecule has 3 heteroatoms. The molecule has 1 aromatic rings. The van der Waals surface area contributed by atoms with Crippen LogP contribution in [0.25, 0.3) is 0 Å². The first-order valence-corrected chi connectivity index (χ1v) is 7.82. The molecule has 0 spiro atoms. The summed E-state index contributed by atoms with van der Waals surface area (Å²) in [6.45, 7) is 6.17. The Hall–Kier alpha value is -1.06. The maximum atomic E-state index is 6.12. The second kappa shape index (κ2) is 7.65. The molecule has 2 rings (SSSR count). The third-order valence-electron chi connectivity index (χ3n) is 4.01. The van der Waals surface area contributed by atoms with Gasteiger partial charge < -0.3 is 14.8 Å². The lowest BCUT2D eigenvalue weighted by atomic mass is 9.85. The van der Waals surface area contributed by atoms with Crippen molar-refractivity contribution in [2.45, 2.75) is 51.7 Å².